The van der Waals surface area contributed by atoms with Gasteiger partial charge in [0.2, 0.25) is 0 Å². The maximum atomic E-state index is 12.0. The van der Waals surface area contributed by atoms with Crippen molar-refractivity contribution in [2.45, 2.75) is 18.6 Å². The minimum absolute atomic E-state index is 0.0552. The van der Waals surface area contributed by atoms with E-state index in [9.17, 15) is 17.2 Å². The molecule has 0 radical (unpaired) electrons. The van der Waals surface area contributed by atoms with Crippen molar-refractivity contribution in [2.24, 2.45) is 0 Å². The van der Waals surface area contributed by atoms with E-state index in [2.05, 4.69) is 19.4 Å². The lowest BCUT2D eigenvalue weighted by Gasteiger charge is -2.08. The number of aryl methyl sites for hydroxylation is 1. The molecule has 0 fully saturated rings. The van der Waals surface area contributed by atoms with Crippen LogP contribution < -0.4 is 9.46 Å². The Balaban J connectivity index is 2.13. The molecule has 108 valence electrons. The van der Waals surface area contributed by atoms with Crippen LogP contribution in [0.2, 0.25) is 0 Å². The summed E-state index contributed by atoms with van der Waals surface area (Å²) in [5.74, 6) is 0.409. The molecule has 2 aromatic rings. The molecular weight excluding hydrogens is 292 g/mol. The lowest BCUT2D eigenvalue weighted by Crippen LogP contribution is -2.13. The van der Waals surface area contributed by atoms with Crippen LogP contribution in [-0.4, -0.2) is 25.0 Å². The van der Waals surface area contributed by atoms with Crippen molar-refractivity contribution in [1.29, 1.82) is 0 Å². The van der Waals surface area contributed by atoms with E-state index in [4.69, 9.17) is 0 Å². The van der Waals surface area contributed by atoms with E-state index in [1.54, 1.807) is 6.92 Å². The highest BCUT2D eigenvalue weighted by Gasteiger charge is 2.16. The van der Waals surface area contributed by atoms with E-state index in [0.717, 1.165) is 0 Å². The molecule has 0 atom stereocenters. The van der Waals surface area contributed by atoms with Gasteiger partial charge in [-0.15, -0.1) is 0 Å². The number of sulfonamides is 1. The standard InChI is InChI=1S/C11H11F2N3O3S/c1-7-14-6-10(15-7)20(17,18)16-8-2-4-9(5-3-8)19-11(12)13/h2-6,11,16H,1H3,(H,14,15). The second-order valence-corrected chi connectivity index (χ2v) is 5.49. The van der Waals surface area contributed by atoms with Crippen LogP contribution in [0.15, 0.2) is 35.5 Å². The molecule has 0 unspecified atom stereocenters. The second kappa shape index (κ2) is 5.45. The highest BCUT2D eigenvalue weighted by molar-refractivity contribution is 7.92. The van der Waals surface area contributed by atoms with E-state index in [0.29, 0.717) is 5.82 Å². The number of ether oxygens (including phenoxy) is 1. The van der Waals surface area contributed by atoms with Gasteiger partial charge in [-0.2, -0.15) is 17.2 Å². The Morgan fingerprint density at radius 1 is 1.30 bits per heavy atom. The van der Waals surface area contributed by atoms with Crippen LogP contribution in [0.4, 0.5) is 14.5 Å². The minimum Gasteiger partial charge on any atom is -0.435 e. The van der Waals surface area contributed by atoms with Gasteiger partial charge in [-0.05, 0) is 31.2 Å². The Hall–Kier alpha value is -2.16. The lowest BCUT2D eigenvalue weighted by molar-refractivity contribution is -0.0498. The van der Waals surface area contributed by atoms with E-state index < -0.39 is 16.6 Å². The van der Waals surface area contributed by atoms with Crippen LogP contribution in [0.5, 0.6) is 5.75 Å². The van der Waals surface area contributed by atoms with Gasteiger partial charge in [0, 0.05) is 5.69 Å². The second-order valence-electron chi connectivity index (χ2n) is 3.84. The predicted molar refractivity (Wildman–Crippen MR) is 67.2 cm³/mol. The fourth-order valence-electron chi connectivity index (χ4n) is 1.45. The number of anilines is 1. The number of H-pyrrole nitrogens is 1. The van der Waals surface area contributed by atoms with Crippen LogP contribution in [0.25, 0.3) is 0 Å². The SMILES string of the molecule is Cc1ncc(S(=O)(=O)Nc2ccc(OC(F)F)cc2)[nH]1. The largest absolute Gasteiger partial charge is 0.435 e. The number of imidazole rings is 1. The molecule has 0 bridgehead atoms. The fourth-order valence-corrected chi connectivity index (χ4v) is 2.48. The normalized spacial score (nSPS) is 11.6. The molecule has 20 heavy (non-hydrogen) atoms. The third kappa shape index (κ3) is 3.44. The summed E-state index contributed by atoms with van der Waals surface area (Å²) in [4.78, 5) is 6.38. The molecule has 6 nitrogen and oxygen atoms in total. The van der Waals surface area contributed by atoms with Crippen LogP contribution >= 0.6 is 0 Å². The number of aromatic nitrogens is 2. The molecule has 0 aliphatic rings. The lowest BCUT2D eigenvalue weighted by atomic mass is 10.3. The van der Waals surface area contributed by atoms with E-state index >= 15 is 0 Å². The first-order valence-electron chi connectivity index (χ1n) is 5.46. The average Bonchev–Trinajstić information content (AvgIpc) is 2.78. The molecule has 0 saturated heterocycles. The maximum Gasteiger partial charge on any atom is 0.387 e. The van der Waals surface area contributed by atoms with Crippen LogP contribution in [0, 0.1) is 6.92 Å². The molecule has 0 aliphatic heterocycles. The van der Waals surface area contributed by atoms with Crippen molar-refractivity contribution in [1.82, 2.24) is 9.97 Å². The van der Waals surface area contributed by atoms with Gasteiger partial charge in [0.05, 0.1) is 6.20 Å². The third-order valence-corrected chi connectivity index (χ3v) is 3.59. The van der Waals surface area contributed by atoms with Crippen LogP contribution in [-0.2, 0) is 10.0 Å². The van der Waals surface area contributed by atoms with E-state index in [1.807, 2.05) is 0 Å². The summed E-state index contributed by atoms with van der Waals surface area (Å²) in [5, 5.41) is -0.0806. The number of hydrogen-bond donors (Lipinski definition) is 2. The number of benzene rings is 1. The highest BCUT2D eigenvalue weighted by atomic mass is 32.2. The number of nitrogens with one attached hydrogen (secondary N) is 2. The van der Waals surface area contributed by atoms with Crippen molar-refractivity contribution in [3.63, 3.8) is 0 Å². The summed E-state index contributed by atoms with van der Waals surface area (Å²) in [7, 11) is -3.79. The smallest absolute Gasteiger partial charge is 0.387 e. The summed E-state index contributed by atoms with van der Waals surface area (Å²) in [6, 6.07) is 5.11. The summed E-state index contributed by atoms with van der Waals surface area (Å²) in [6.07, 6.45) is 1.19. The zero-order valence-electron chi connectivity index (χ0n) is 10.3. The molecule has 0 spiro atoms. The molecule has 9 heteroatoms. The van der Waals surface area contributed by atoms with Gasteiger partial charge in [0.25, 0.3) is 10.0 Å². The van der Waals surface area contributed by atoms with Gasteiger partial charge in [0.1, 0.15) is 11.6 Å². The summed E-state index contributed by atoms with van der Waals surface area (Å²) < 4.78 is 54.3. The molecule has 1 aromatic heterocycles. The van der Waals surface area contributed by atoms with Gasteiger partial charge in [0.15, 0.2) is 5.03 Å². The van der Waals surface area contributed by atoms with Crippen LogP contribution in [0.1, 0.15) is 5.82 Å². The van der Waals surface area contributed by atoms with Crippen molar-refractivity contribution in [3.05, 3.63) is 36.3 Å². The van der Waals surface area contributed by atoms with Crippen LogP contribution in [0.3, 0.4) is 0 Å². The van der Waals surface area contributed by atoms with Gasteiger partial charge in [-0.1, -0.05) is 0 Å². The number of hydrogen-bond acceptors (Lipinski definition) is 4. The van der Waals surface area contributed by atoms with Crippen molar-refractivity contribution in [3.8, 4) is 5.75 Å². The van der Waals surface area contributed by atoms with Gasteiger partial charge < -0.3 is 9.72 Å². The summed E-state index contributed by atoms with van der Waals surface area (Å²) in [5.41, 5.74) is 0.221. The van der Waals surface area contributed by atoms with Crippen molar-refractivity contribution in [2.75, 3.05) is 4.72 Å². The van der Waals surface area contributed by atoms with Gasteiger partial charge in [-0.3, -0.25) is 4.72 Å². The molecule has 0 aliphatic carbocycles. The maximum absolute atomic E-state index is 12.0. The number of alkyl halides is 2. The van der Waals surface area contributed by atoms with Gasteiger partial charge >= 0.3 is 6.61 Å². The monoisotopic (exact) mass is 303 g/mol. The average molecular weight is 303 g/mol. The molecule has 2 rings (SSSR count). The molecular formula is C11H11F2N3O3S. The first-order valence-corrected chi connectivity index (χ1v) is 6.94. The zero-order chi connectivity index (χ0) is 14.8. The molecule has 2 N–H and O–H groups in total. The first-order chi connectivity index (χ1) is 9.37. The third-order valence-electron chi connectivity index (χ3n) is 2.30. The number of halogens is 2. The van der Waals surface area contributed by atoms with Crippen molar-refractivity contribution >= 4 is 15.7 Å². The topological polar surface area (TPSA) is 84.1 Å². The van der Waals surface area contributed by atoms with E-state index in [-0.39, 0.29) is 16.5 Å². The first kappa shape index (κ1) is 14.3. The highest BCUT2D eigenvalue weighted by Crippen LogP contribution is 2.20. The Kier molecular flexibility index (Phi) is 3.89. The zero-order valence-corrected chi connectivity index (χ0v) is 11.1. The minimum atomic E-state index is -3.79. The Labute approximate surface area is 113 Å². The Bertz CT molecular complexity index is 683. The quantitative estimate of drug-likeness (QED) is 0.886. The Morgan fingerprint density at radius 2 is 1.95 bits per heavy atom. The fraction of sp³-hybridized carbons (Fsp3) is 0.182. The molecule has 1 heterocycles. The molecule has 1 aromatic carbocycles. The molecule has 0 amide bonds. The van der Waals surface area contributed by atoms with Crippen molar-refractivity contribution < 1.29 is 21.9 Å². The number of aromatic amines is 1. The molecule has 0 saturated carbocycles. The predicted octanol–water partition coefficient (Wildman–Crippen LogP) is 2.12. The summed E-state index contributed by atoms with van der Waals surface area (Å²) >= 11 is 0. The number of rotatable bonds is 5. The van der Waals surface area contributed by atoms with E-state index in [1.165, 1.54) is 30.5 Å². The summed E-state index contributed by atoms with van der Waals surface area (Å²) in [6.45, 7) is -1.30. The number of nitrogens with zero attached hydrogens (tertiary/aromatic N) is 1. The van der Waals surface area contributed by atoms with Gasteiger partial charge in [-0.25, -0.2) is 4.98 Å². The Morgan fingerprint density at radius 3 is 2.45 bits per heavy atom.